The Morgan fingerprint density at radius 3 is 2.61 bits per heavy atom. The van der Waals surface area contributed by atoms with Crippen LogP contribution in [0.15, 0.2) is 24.3 Å². The molecule has 1 aliphatic rings. The number of hydrogen-bond acceptors (Lipinski definition) is 6. The first-order chi connectivity index (χ1) is 12.8. The van der Waals surface area contributed by atoms with Crippen LogP contribution in [0, 0.1) is 5.41 Å². The zero-order valence-electron chi connectivity index (χ0n) is 16.6. The van der Waals surface area contributed by atoms with Gasteiger partial charge in [-0.25, -0.2) is 4.98 Å². The van der Waals surface area contributed by atoms with Crippen molar-refractivity contribution < 1.29 is 14.3 Å². The molecule has 1 fully saturated rings. The largest absolute Gasteiger partial charge is 0.497 e. The third-order valence-corrected chi connectivity index (χ3v) is 5.53. The first-order valence-electron chi connectivity index (χ1n) is 9.06. The van der Waals surface area contributed by atoms with Gasteiger partial charge in [0.2, 0.25) is 5.91 Å². The van der Waals surface area contributed by atoms with Gasteiger partial charge < -0.3 is 20.5 Å². The minimum atomic E-state index is -0.953. The van der Waals surface area contributed by atoms with Crippen LogP contribution in [0.4, 0.5) is 0 Å². The number of methoxy groups -OCH3 is 1. The molecule has 3 rings (SSSR count). The first-order valence-corrected chi connectivity index (χ1v) is 9.06. The Morgan fingerprint density at radius 1 is 1.36 bits per heavy atom. The fourth-order valence-corrected chi connectivity index (χ4v) is 3.39. The molecule has 1 amide bonds. The number of aromatic amines is 1. The summed E-state index contributed by atoms with van der Waals surface area (Å²) in [5.41, 5.74) is 5.86. The van der Waals surface area contributed by atoms with E-state index in [0.717, 1.165) is 11.3 Å². The van der Waals surface area contributed by atoms with E-state index in [1.165, 1.54) is 0 Å². The predicted octanol–water partition coefficient (Wildman–Crippen LogP) is 2.05. The molecule has 28 heavy (non-hydrogen) atoms. The van der Waals surface area contributed by atoms with E-state index in [-0.39, 0.29) is 31.0 Å². The number of benzene rings is 1. The molecule has 0 radical (unpaired) electrons. The van der Waals surface area contributed by atoms with Gasteiger partial charge in [0.1, 0.15) is 17.1 Å². The molecule has 1 heterocycles. The van der Waals surface area contributed by atoms with Gasteiger partial charge in [0.25, 0.3) is 0 Å². The molecule has 154 valence electrons. The second kappa shape index (κ2) is 8.46. The molecule has 9 heteroatoms. The van der Waals surface area contributed by atoms with Crippen molar-refractivity contribution in [3.63, 3.8) is 0 Å². The number of rotatable bonds is 7. The van der Waals surface area contributed by atoms with Crippen molar-refractivity contribution in [2.75, 3.05) is 13.7 Å². The molecule has 0 aliphatic heterocycles. The number of ether oxygens (including phenoxy) is 2. The van der Waals surface area contributed by atoms with Gasteiger partial charge in [0.15, 0.2) is 5.82 Å². The molecule has 0 spiro atoms. The van der Waals surface area contributed by atoms with Gasteiger partial charge in [-0.05, 0) is 31.2 Å². The summed E-state index contributed by atoms with van der Waals surface area (Å²) in [6.07, 6.45) is 0.498. The molecular weight excluding hydrogens is 382 g/mol. The second-order valence-corrected chi connectivity index (χ2v) is 7.36. The van der Waals surface area contributed by atoms with Gasteiger partial charge >= 0.3 is 0 Å². The zero-order valence-corrected chi connectivity index (χ0v) is 17.4. The predicted molar refractivity (Wildman–Crippen MR) is 108 cm³/mol. The Kier molecular flexibility index (Phi) is 6.69. The normalized spacial score (nSPS) is 22.7. The standard InChI is InChI=1S/C19H27N5O3.ClH/c1-5-27-14-10-19(20,18(14,2)3)17(25)21-11-15-22-16(24-23-15)12-6-8-13(26-4)9-7-12;/h6-9,14H,5,10-11,20H2,1-4H3,(H,21,25)(H,22,23,24);1H. The minimum Gasteiger partial charge on any atom is -0.497 e. The number of nitrogens with two attached hydrogens (primary N) is 1. The lowest BCUT2D eigenvalue weighted by molar-refractivity contribution is -0.170. The van der Waals surface area contributed by atoms with Crippen LogP contribution in [0.5, 0.6) is 5.75 Å². The quantitative estimate of drug-likeness (QED) is 0.644. The van der Waals surface area contributed by atoms with Crippen molar-refractivity contribution >= 4 is 18.3 Å². The number of carbonyl (C=O) groups excluding carboxylic acids is 1. The van der Waals surface area contributed by atoms with Crippen LogP contribution in [0.1, 0.15) is 33.0 Å². The second-order valence-electron chi connectivity index (χ2n) is 7.36. The summed E-state index contributed by atoms with van der Waals surface area (Å²) in [6, 6.07) is 7.45. The van der Waals surface area contributed by atoms with Crippen molar-refractivity contribution in [3.8, 4) is 17.1 Å². The minimum absolute atomic E-state index is 0. The lowest BCUT2D eigenvalue weighted by Gasteiger charge is -2.57. The van der Waals surface area contributed by atoms with Gasteiger partial charge in [-0.15, -0.1) is 12.4 Å². The summed E-state index contributed by atoms with van der Waals surface area (Å²) in [5.74, 6) is 1.69. The molecule has 2 aromatic rings. The molecule has 1 aromatic carbocycles. The molecule has 4 N–H and O–H groups in total. The maximum atomic E-state index is 12.7. The smallest absolute Gasteiger partial charge is 0.241 e. The lowest BCUT2D eigenvalue weighted by Crippen LogP contribution is -2.75. The van der Waals surface area contributed by atoms with Crippen LogP contribution in [-0.2, 0) is 16.1 Å². The molecule has 1 aliphatic carbocycles. The number of nitrogens with zero attached hydrogens (tertiary/aromatic N) is 2. The number of halogens is 1. The molecular formula is C19H28ClN5O3. The monoisotopic (exact) mass is 409 g/mol. The third-order valence-electron chi connectivity index (χ3n) is 5.53. The van der Waals surface area contributed by atoms with E-state index in [9.17, 15) is 4.79 Å². The topological polar surface area (TPSA) is 115 Å². The van der Waals surface area contributed by atoms with Crippen LogP contribution in [0.3, 0.4) is 0 Å². The Morgan fingerprint density at radius 2 is 2.04 bits per heavy atom. The van der Waals surface area contributed by atoms with Crippen molar-refractivity contribution in [2.45, 2.75) is 45.4 Å². The Hall–Kier alpha value is -2.16. The number of carbonyl (C=O) groups is 1. The van der Waals surface area contributed by atoms with E-state index in [0.29, 0.717) is 24.7 Å². The molecule has 1 saturated carbocycles. The third kappa shape index (κ3) is 3.85. The van der Waals surface area contributed by atoms with Crippen molar-refractivity contribution in [2.24, 2.45) is 11.1 Å². The van der Waals surface area contributed by atoms with Crippen molar-refractivity contribution in [1.82, 2.24) is 20.5 Å². The summed E-state index contributed by atoms with van der Waals surface area (Å²) >= 11 is 0. The maximum absolute atomic E-state index is 12.7. The van der Waals surface area contributed by atoms with Crippen LogP contribution >= 0.6 is 12.4 Å². The summed E-state index contributed by atoms with van der Waals surface area (Å²) in [7, 11) is 1.62. The molecule has 2 unspecified atom stereocenters. The van der Waals surface area contributed by atoms with Crippen molar-refractivity contribution in [1.29, 1.82) is 0 Å². The molecule has 0 saturated heterocycles. The van der Waals surface area contributed by atoms with Gasteiger partial charge in [-0.2, -0.15) is 5.10 Å². The van der Waals surface area contributed by atoms with Crippen LogP contribution in [0.25, 0.3) is 11.4 Å². The highest BCUT2D eigenvalue weighted by atomic mass is 35.5. The van der Waals surface area contributed by atoms with E-state index >= 15 is 0 Å². The van der Waals surface area contributed by atoms with E-state index in [4.69, 9.17) is 15.2 Å². The Balaban J connectivity index is 0.00000280. The average molecular weight is 410 g/mol. The number of aromatic nitrogens is 3. The van der Waals surface area contributed by atoms with Gasteiger partial charge in [0, 0.05) is 24.0 Å². The van der Waals surface area contributed by atoms with Crippen LogP contribution in [0.2, 0.25) is 0 Å². The van der Waals surface area contributed by atoms with Gasteiger partial charge in [-0.3, -0.25) is 9.89 Å². The number of H-pyrrole nitrogens is 1. The van der Waals surface area contributed by atoms with E-state index in [1.54, 1.807) is 7.11 Å². The first kappa shape index (κ1) is 22.1. The van der Waals surface area contributed by atoms with E-state index in [2.05, 4.69) is 20.5 Å². The maximum Gasteiger partial charge on any atom is 0.241 e. The van der Waals surface area contributed by atoms with Gasteiger partial charge in [-0.1, -0.05) is 13.8 Å². The molecule has 8 nitrogen and oxygen atoms in total. The molecule has 0 bridgehead atoms. The molecule has 1 aromatic heterocycles. The highest BCUT2D eigenvalue weighted by molar-refractivity contribution is 5.88. The fourth-order valence-electron chi connectivity index (χ4n) is 3.39. The van der Waals surface area contributed by atoms with Crippen LogP contribution < -0.4 is 15.8 Å². The summed E-state index contributed by atoms with van der Waals surface area (Å²) < 4.78 is 10.8. The van der Waals surface area contributed by atoms with E-state index < -0.39 is 11.0 Å². The molecule has 2 atom stereocenters. The fraction of sp³-hybridized carbons (Fsp3) is 0.526. The van der Waals surface area contributed by atoms with Crippen molar-refractivity contribution in [3.05, 3.63) is 30.1 Å². The summed E-state index contributed by atoms with van der Waals surface area (Å²) in [4.78, 5) is 17.1. The lowest BCUT2D eigenvalue weighted by atomic mass is 9.54. The Labute approximate surface area is 171 Å². The highest BCUT2D eigenvalue weighted by Gasteiger charge is 2.62. The van der Waals surface area contributed by atoms with Gasteiger partial charge in [0.05, 0.1) is 19.8 Å². The zero-order chi connectivity index (χ0) is 19.7. The Bertz CT molecular complexity index is 808. The average Bonchev–Trinajstić information content (AvgIpc) is 3.14. The van der Waals surface area contributed by atoms with Crippen LogP contribution in [-0.4, -0.2) is 46.4 Å². The number of hydrogen-bond donors (Lipinski definition) is 3. The summed E-state index contributed by atoms with van der Waals surface area (Å²) in [5, 5.41) is 9.92. The SMILES string of the molecule is CCOC1CC(N)(C(=O)NCc2nc(-c3ccc(OC)cc3)n[nH]2)C1(C)C.Cl. The highest BCUT2D eigenvalue weighted by Crippen LogP contribution is 2.49. The summed E-state index contributed by atoms with van der Waals surface area (Å²) in [6.45, 7) is 6.71. The number of amides is 1. The number of nitrogens with one attached hydrogen (secondary N) is 2. The van der Waals surface area contributed by atoms with E-state index in [1.807, 2.05) is 45.0 Å².